The third-order valence-electron chi connectivity index (χ3n) is 8.58. The molecule has 0 radical (unpaired) electrons. The summed E-state index contributed by atoms with van der Waals surface area (Å²) in [5.41, 5.74) is -0.0588. The minimum Gasteiger partial charge on any atom is -0.507 e. The van der Waals surface area contributed by atoms with E-state index in [0.717, 1.165) is 23.8 Å². The summed E-state index contributed by atoms with van der Waals surface area (Å²) in [6.07, 6.45) is -15.2. The number of rotatable bonds is 10. The van der Waals surface area contributed by atoms with Crippen molar-refractivity contribution in [3.63, 3.8) is 0 Å². The first-order chi connectivity index (χ1) is 23.7. The maximum Gasteiger partial charge on any atom is 0.229 e. The summed E-state index contributed by atoms with van der Waals surface area (Å²) < 4.78 is 28.5. The quantitative estimate of drug-likeness (QED) is 0.0851. The van der Waals surface area contributed by atoms with Crippen LogP contribution in [-0.4, -0.2) is 131 Å². The van der Waals surface area contributed by atoms with Crippen molar-refractivity contribution in [1.82, 2.24) is 0 Å². The van der Waals surface area contributed by atoms with E-state index in [-0.39, 0.29) is 45.6 Å². The normalized spacial score (nSPS) is 30.0. The van der Waals surface area contributed by atoms with E-state index in [9.17, 15) is 61.0 Å². The van der Waals surface area contributed by atoms with E-state index >= 15 is 0 Å². The van der Waals surface area contributed by atoms with E-state index in [4.69, 9.17) is 23.4 Å². The Balaban J connectivity index is 1.55. The van der Waals surface area contributed by atoms with Gasteiger partial charge in [-0.1, -0.05) is 11.6 Å². The van der Waals surface area contributed by atoms with E-state index in [2.05, 4.69) is 0 Å². The van der Waals surface area contributed by atoms with Crippen molar-refractivity contribution in [3.8, 4) is 34.3 Å². The van der Waals surface area contributed by atoms with Crippen molar-refractivity contribution in [1.29, 1.82) is 0 Å². The topological polar surface area (TPSA) is 290 Å². The maximum atomic E-state index is 13.5. The predicted octanol–water partition coefficient (Wildman–Crippen LogP) is -1.42. The minimum atomic E-state index is -1.91. The van der Waals surface area contributed by atoms with Crippen molar-refractivity contribution < 1.29 is 79.5 Å². The highest BCUT2D eigenvalue weighted by molar-refractivity contribution is 5.87. The van der Waals surface area contributed by atoms with Gasteiger partial charge in [-0.05, 0) is 32.4 Å². The molecule has 2 fully saturated rings. The number of hydrogen-bond acceptors (Lipinski definition) is 17. The molecule has 3 aromatic rings. The predicted molar refractivity (Wildman–Crippen MR) is 169 cm³/mol. The van der Waals surface area contributed by atoms with Crippen LogP contribution >= 0.6 is 0 Å². The monoisotopic (exact) mass is 708 g/mol. The molecule has 3 heterocycles. The first-order valence-electron chi connectivity index (χ1n) is 15.6. The molecular weight excluding hydrogens is 668 g/mol. The molecule has 0 saturated carbocycles. The maximum absolute atomic E-state index is 13.5. The summed E-state index contributed by atoms with van der Waals surface area (Å²) in [5, 5.41) is 113. The summed E-state index contributed by atoms with van der Waals surface area (Å²) in [6, 6.07) is 4.70. The number of hydrogen-bond donors (Lipinski definition) is 11. The lowest BCUT2D eigenvalue weighted by Gasteiger charge is -2.45. The van der Waals surface area contributed by atoms with Crippen molar-refractivity contribution in [2.24, 2.45) is 0 Å². The fourth-order valence-corrected chi connectivity index (χ4v) is 5.80. The lowest BCUT2D eigenvalue weighted by atomic mass is 9.97. The first kappa shape index (κ1) is 37.4. The van der Waals surface area contributed by atoms with Crippen LogP contribution in [0.15, 0.2) is 45.1 Å². The summed E-state index contributed by atoms with van der Waals surface area (Å²) in [6.45, 7) is 1.27. The molecule has 11 N–H and O–H groups in total. The lowest BCUT2D eigenvalue weighted by molar-refractivity contribution is -0.357. The Morgan fingerprint density at radius 2 is 1.44 bits per heavy atom. The zero-order valence-electron chi connectivity index (χ0n) is 26.9. The van der Waals surface area contributed by atoms with Gasteiger partial charge in [-0.3, -0.25) is 4.79 Å². The van der Waals surface area contributed by atoms with Gasteiger partial charge >= 0.3 is 0 Å². The van der Waals surface area contributed by atoms with Crippen LogP contribution in [0.4, 0.5) is 0 Å². The number of phenols is 3. The molecule has 0 unspecified atom stereocenters. The number of benzene rings is 2. The zero-order chi connectivity index (χ0) is 36.6. The fourth-order valence-electron chi connectivity index (χ4n) is 5.80. The number of allylic oxidation sites excluding steroid dienone is 2. The van der Waals surface area contributed by atoms with Gasteiger partial charge < -0.3 is 79.5 Å². The molecule has 17 nitrogen and oxygen atoms in total. The van der Waals surface area contributed by atoms with E-state index in [1.165, 1.54) is 6.07 Å². The molecule has 2 aliphatic heterocycles. The van der Waals surface area contributed by atoms with Crippen LogP contribution in [0.5, 0.6) is 23.0 Å². The summed E-state index contributed by atoms with van der Waals surface area (Å²) in [4.78, 5) is 13.5. The van der Waals surface area contributed by atoms with E-state index in [1.54, 1.807) is 6.08 Å². The lowest BCUT2D eigenvalue weighted by Crippen LogP contribution is -2.65. The Morgan fingerprint density at radius 3 is 2.06 bits per heavy atom. The Kier molecular flexibility index (Phi) is 11.4. The highest BCUT2D eigenvalue weighted by atomic mass is 16.8. The van der Waals surface area contributed by atoms with Crippen LogP contribution in [0, 0.1) is 0 Å². The van der Waals surface area contributed by atoms with E-state index in [1.807, 2.05) is 13.8 Å². The largest absolute Gasteiger partial charge is 0.507 e. The molecule has 1 aromatic heterocycles. The molecule has 2 saturated heterocycles. The first-order valence-corrected chi connectivity index (χ1v) is 15.6. The molecule has 2 aliphatic rings. The van der Waals surface area contributed by atoms with Gasteiger partial charge in [-0.25, -0.2) is 0 Å². The van der Waals surface area contributed by atoms with Crippen LogP contribution in [-0.2, 0) is 27.2 Å². The van der Waals surface area contributed by atoms with Gasteiger partial charge in [0, 0.05) is 23.3 Å². The fraction of sp³-hybridized carbons (Fsp3) is 0.485. The Labute approximate surface area is 283 Å². The highest BCUT2D eigenvalue weighted by Gasteiger charge is 2.51. The number of fused-ring (bicyclic) bond motifs is 1. The molecule has 2 aromatic carbocycles. The number of aliphatic hydroxyl groups excluding tert-OH is 8. The van der Waals surface area contributed by atoms with E-state index < -0.39 is 104 Å². The Bertz CT molecular complexity index is 1770. The SMILES string of the molecule is CC(C)=CCc1cc(-c2oc3cc(O[C@@H]4O[C@H](CO)[C@@H](O)[C@H](O)[C@H]4O[C@@H]4O[C@H](CO)[C@@H](O)[C@H](O)[C@H]4O)cc(O)c3c(=O)c2CO)cc(O)c1O. The molecule has 274 valence electrons. The van der Waals surface area contributed by atoms with Crippen molar-refractivity contribution >= 4 is 11.0 Å². The molecule has 0 aliphatic carbocycles. The van der Waals surface area contributed by atoms with Crippen molar-refractivity contribution in [2.75, 3.05) is 13.2 Å². The van der Waals surface area contributed by atoms with E-state index in [0.29, 0.717) is 0 Å². The van der Waals surface area contributed by atoms with Gasteiger partial charge in [0.15, 0.2) is 23.9 Å². The van der Waals surface area contributed by atoms with Gasteiger partial charge in [0.25, 0.3) is 0 Å². The molecular formula is C33H40O17. The molecule has 0 spiro atoms. The average Bonchev–Trinajstić information content (AvgIpc) is 3.07. The average molecular weight is 709 g/mol. The zero-order valence-corrected chi connectivity index (χ0v) is 26.9. The second-order valence-corrected chi connectivity index (χ2v) is 12.3. The van der Waals surface area contributed by atoms with Crippen LogP contribution in [0.25, 0.3) is 22.3 Å². The second kappa shape index (κ2) is 15.2. The van der Waals surface area contributed by atoms with Gasteiger partial charge in [-0.2, -0.15) is 0 Å². The summed E-state index contributed by atoms with van der Waals surface area (Å²) >= 11 is 0. The molecule has 5 rings (SSSR count). The Hall–Kier alpha value is -3.85. The van der Waals surface area contributed by atoms with Crippen molar-refractivity contribution in [2.45, 2.75) is 88.3 Å². The third kappa shape index (κ3) is 7.16. The molecule has 0 bridgehead atoms. The van der Waals surface area contributed by atoms with Crippen LogP contribution in [0.2, 0.25) is 0 Å². The summed E-state index contributed by atoms with van der Waals surface area (Å²) in [7, 11) is 0. The molecule has 10 atom stereocenters. The van der Waals surface area contributed by atoms with Crippen LogP contribution in [0.1, 0.15) is 25.0 Å². The standard InChI is InChI=1S/C33H40O17/c1-12(2)3-4-13-5-14(6-18(38)23(13)39)30-16(9-34)24(40)22-17(37)7-15(8-19(22)47-30)46-33-31(28(44)26(42)21(11-36)49-33)50-32-29(45)27(43)25(41)20(10-35)48-32/h3,5-8,20-21,25-29,31-39,41-45H,4,9-11H2,1-2H3/t20-,21-,25-,26-,27+,28+,29-,31-,32+,33-/m1/s1. The number of phenolic OH excluding ortho intramolecular Hbond substituents is 3. The van der Waals surface area contributed by atoms with Crippen LogP contribution < -0.4 is 10.2 Å². The number of ether oxygens (including phenoxy) is 4. The number of aliphatic hydroxyl groups is 8. The molecule has 50 heavy (non-hydrogen) atoms. The minimum absolute atomic E-state index is 0.109. The molecule has 17 heteroatoms. The van der Waals surface area contributed by atoms with Gasteiger partial charge in [0.2, 0.25) is 11.7 Å². The highest BCUT2D eigenvalue weighted by Crippen LogP contribution is 2.39. The van der Waals surface area contributed by atoms with Gasteiger partial charge in [0.05, 0.1) is 25.4 Å². The van der Waals surface area contributed by atoms with Crippen LogP contribution in [0.3, 0.4) is 0 Å². The molecule has 0 amide bonds. The summed E-state index contributed by atoms with van der Waals surface area (Å²) in [5.74, 6) is -2.06. The van der Waals surface area contributed by atoms with Gasteiger partial charge in [0.1, 0.15) is 71.0 Å². The Morgan fingerprint density at radius 1 is 0.800 bits per heavy atom. The van der Waals surface area contributed by atoms with Gasteiger partial charge in [-0.15, -0.1) is 0 Å². The smallest absolute Gasteiger partial charge is 0.229 e. The third-order valence-corrected chi connectivity index (χ3v) is 8.58. The second-order valence-electron chi connectivity index (χ2n) is 12.3. The van der Waals surface area contributed by atoms with Crippen molar-refractivity contribution in [3.05, 3.63) is 57.3 Å². The number of aromatic hydroxyl groups is 3.